The molecule has 1 rings (SSSR count). The van der Waals surface area contributed by atoms with Gasteiger partial charge in [0.15, 0.2) is 0 Å². The highest BCUT2D eigenvalue weighted by molar-refractivity contribution is 8.00. The summed E-state index contributed by atoms with van der Waals surface area (Å²) in [7, 11) is 0. The van der Waals surface area contributed by atoms with Crippen LogP contribution in [0.4, 0.5) is 5.69 Å². The summed E-state index contributed by atoms with van der Waals surface area (Å²) in [5.74, 6) is 0.115. The lowest BCUT2D eigenvalue weighted by Gasteiger charge is -2.23. The van der Waals surface area contributed by atoms with Gasteiger partial charge in [0.2, 0.25) is 5.91 Å². The molecule has 2 N–H and O–H groups in total. The molecule has 0 radical (unpaired) electrons. The second-order valence-electron chi connectivity index (χ2n) is 3.93. The van der Waals surface area contributed by atoms with Gasteiger partial charge in [0.25, 0.3) is 0 Å². The van der Waals surface area contributed by atoms with Crippen molar-refractivity contribution in [2.45, 2.75) is 30.9 Å². The molecule has 0 spiro atoms. The molecule has 1 atom stereocenters. The Labute approximate surface area is 118 Å². The molecule has 5 heteroatoms. The zero-order valence-corrected chi connectivity index (χ0v) is 12.5. The number of hydrogen-bond acceptors (Lipinski definition) is 3. The SMILES string of the molecule is CCN(CC)C(=O)C(C)Sc1c(N)cccc1Cl. The van der Waals surface area contributed by atoms with Crippen LogP contribution in [0.3, 0.4) is 0 Å². The first-order valence-corrected chi connectivity index (χ1v) is 7.26. The van der Waals surface area contributed by atoms with E-state index in [2.05, 4.69) is 0 Å². The van der Waals surface area contributed by atoms with Crippen molar-refractivity contribution in [1.82, 2.24) is 4.90 Å². The molecule has 18 heavy (non-hydrogen) atoms. The van der Waals surface area contributed by atoms with E-state index in [9.17, 15) is 4.79 Å². The second kappa shape index (κ2) is 6.90. The molecule has 0 aliphatic heterocycles. The minimum Gasteiger partial charge on any atom is -0.398 e. The summed E-state index contributed by atoms with van der Waals surface area (Å²) in [6.07, 6.45) is 0. The van der Waals surface area contributed by atoms with Crippen LogP contribution in [0.2, 0.25) is 5.02 Å². The van der Waals surface area contributed by atoms with Gasteiger partial charge in [-0.05, 0) is 32.9 Å². The first-order valence-electron chi connectivity index (χ1n) is 6.00. The fraction of sp³-hybridized carbons (Fsp3) is 0.462. The van der Waals surface area contributed by atoms with Crippen LogP contribution in [0.15, 0.2) is 23.1 Å². The smallest absolute Gasteiger partial charge is 0.235 e. The molecule has 0 bridgehead atoms. The molecule has 0 aliphatic rings. The molecule has 1 unspecified atom stereocenters. The van der Waals surface area contributed by atoms with E-state index in [0.29, 0.717) is 10.7 Å². The number of nitrogens with zero attached hydrogens (tertiary/aromatic N) is 1. The molecule has 0 aromatic heterocycles. The van der Waals surface area contributed by atoms with Crippen molar-refractivity contribution < 1.29 is 4.79 Å². The Balaban J connectivity index is 2.81. The summed E-state index contributed by atoms with van der Waals surface area (Å²) in [6, 6.07) is 5.39. The Morgan fingerprint density at radius 3 is 2.56 bits per heavy atom. The van der Waals surface area contributed by atoms with Gasteiger partial charge < -0.3 is 10.6 Å². The van der Waals surface area contributed by atoms with Crippen molar-refractivity contribution >= 4 is 35.0 Å². The van der Waals surface area contributed by atoms with Crippen LogP contribution in [-0.2, 0) is 4.79 Å². The van der Waals surface area contributed by atoms with Gasteiger partial charge in [-0.1, -0.05) is 17.7 Å². The Morgan fingerprint density at radius 2 is 2.06 bits per heavy atom. The third-order valence-corrected chi connectivity index (χ3v) is 4.39. The van der Waals surface area contributed by atoms with Crippen LogP contribution >= 0.6 is 23.4 Å². The van der Waals surface area contributed by atoms with Crippen LogP contribution < -0.4 is 5.73 Å². The first kappa shape index (κ1) is 15.2. The number of anilines is 1. The largest absolute Gasteiger partial charge is 0.398 e. The normalized spacial score (nSPS) is 12.2. The maximum atomic E-state index is 12.2. The van der Waals surface area contributed by atoms with Gasteiger partial charge in [0, 0.05) is 23.7 Å². The van der Waals surface area contributed by atoms with Gasteiger partial charge >= 0.3 is 0 Å². The number of carbonyl (C=O) groups excluding carboxylic acids is 1. The van der Waals surface area contributed by atoms with Crippen LogP contribution in [0, 0.1) is 0 Å². The van der Waals surface area contributed by atoms with Crippen LogP contribution in [-0.4, -0.2) is 29.1 Å². The predicted molar refractivity (Wildman–Crippen MR) is 79.1 cm³/mol. The number of nitrogens with two attached hydrogens (primary N) is 1. The molecule has 0 aliphatic carbocycles. The number of benzene rings is 1. The fourth-order valence-corrected chi connectivity index (χ4v) is 2.97. The van der Waals surface area contributed by atoms with E-state index in [1.54, 1.807) is 18.2 Å². The summed E-state index contributed by atoms with van der Waals surface area (Å²) in [4.78, 5) is 14.7. The van der Waals surface area contributed by atoms with Crippen LogP contribution in [0.25, 0.3) is 0 Å². The first-order chi connectivity index (χ1) is 8.51. The highest BCUT2D eigenvalue weighted by Crippen LogP contribution is 2.35. The molecule has 1 aromatic rings. The Kier molecular flexibility index (Phi) is 5.82. The zero-order chi connectivity index (χ0) is 13.7. The van der Waals surface area contributed by atoms with Crippen molar-refractivity contribution in [3.63, 3.8) is 0 Å². The maximum Gasteiger partial charge on any atom is 0.235 e. The summed E-state index contributed by atoms with van der Waals surface area (Å²) in [5.41, 5.74) is 6.50. The summed E-state index contributed by atoms with van der Waals surface area (Å²) >= 11 is 7.52. The molecular weight excluding hydrogens is 268 g/mol. The summed E-state index contributed by atoms with van der Waals surface area (Å²) in [6.45, 7) is 7.27. The standard InChI is InChI=1S/C13H19ClN2OS/c1-4-16(5-2)13(17)9(3)18-12-10(14)7-6-8-11(12)15/h6-9H,4-5,15H2,1-3H3. The van der Waals surface area contributed by atoms with Crippen molar-refractivity contribution in [1.29, 1.82) is 0 Å². The lowest BCUT2D eigenvalue weighted by molar-refractivity contribution is -0.129. The summed E-state index contributed by atoms with van der Waals surface area (Å²) < 4.78 is 0. The number of thioether (sulfide) groups is 1. The average Bonchev–Trinajstić information content (AvgIpc) is 2.35. The number of hydrogen-bond donors (Lipinski definition) is 1. The minimum atomic E-state index is -0.188. The Hall–Kier alpha value is -0.870. The highest BCUT2D eigenvalue weighted by Gasteiger charge is 2.21. The van der Waals surface area contributed by atoms with Gasteiger partial charge in [-0.25, -0.2) is 0 Å². The number of rotatable bonds is 5. The number of halogens is 1. The number of nitrogen functional groups attached to an aromatic ring is 1. The van der Waals surface area contributed by atoms with E-state index >= 15 is 0 Å². The lowest BCUT2D eigenvalue weighted by Crippen LogP contribution is -2.36. The quantitative estimate of drug-likeness (QED) is 0.667. The molecule has 3 nitrogen and oxygen atoms in total. The molecule has 0 fully saturated rings. The van der Waals surface area contributed by atoms with Crippen molar-refractivity contribution in [3.8, 4) is 0 Å². The maximum absolute atomic E-state index is 12.2. The highest BCUT2D eigenvalue weighted by atomic mass is 35.5. The molecular formula is C13H19ClN2OS. The third-order valence-electron chi connectivity index (χ3n) is 2.71. The van der Waals surface area contributed by atoms with Gasteiger partial charge in [-0.2, -0.15) is 0 Å². The Morgan fingerprint density at radius 1 is 1.44 bits per heavy atom. The average molecular weight is 287 g/mol. The monoisotopic (exact) mass is 286 g/mol. The third kappa shape index (κ3) is 3.56. The van der Waals surface area contributed by atoms with E-state index in [0.717, 1.165) is 18.0 Å². The van der Waals surface area contributed by atoms with Crippen LogP contribution in [0.1, 0.15) is 20.8 Å². The molecule has 0 heterocycles. The van der Waals surface area contributed by atoms with Crippen molar-refractivity contribution in [2.75, 3.05) is 18.8 Å². The zero-order valence-electron chi connectivity index (χ0n) is 10.9. The Bertz CT molecular complexity index is 401. The molecule has 0 saturated heterocycles. The number of amides is 1. The van der Waals surface area contributed by atoms with E-state index in [4.69, 9.17) is 17.3 Å². The molecule has 1 aromatic carbocycles. The van der Waals surface area contributed by atoms with E-state index < -0.39 is 0 Å². The molecule has 0 saturated carbocycles. The summed E-state index contributed by atoms with van der Waals surface area (Å²) in [5, 5.41) is 0.409. The second-order valence-corrected chi connectivity index (χ2v) is 5.69. The minimum absolute atomic E-state index is 0.115. The van der Waals surface area contributed by atoms with Crippen molar-refractivity contribution in [2.24, 2.45) is 0 Å². The fourth-order valence-electron chi connectivity index (χ4n) is 1.67. The van der Waals surface area contributed by atoms with Gasteiger partial charge in [-0.15, -0.1) is 11.8 Å². The topological polar surface area (TPSA) is 46.3 Å². The van der Waals surface area contributed by atoms with E-state index in [1.165, 1.54) is 11.8 Å². The van der Waals surface area contributed by atoms with Gasteiger partial charge in [0.05, 0.1) is 10.3 Å². The van der Waals surface area contributed by atoms with Gasteiger partial charge in [-0.3, -0.25) is 4.79 Å². The molecule has 100 valence electrons. The van der Waals surface area contributed by atoms with Crippen LogP contribution in [0.5, 0.6) is 0 Å². The molecule has 1 amide bonds. The number of carbonyl (C=O) groups is 1. The van der Waals surface area contributed by atoms with Crippen molar-refractivity contribution in [3.05, 3.63) is 23.2 Å². The van der Waals surface area contributed by atoms with E-state index in [-0.39, 0.29) is 11.2 Å². The lowest BCUT2D eigenvalue weighted by atomic mass is 10.3. The van der Waals surface area contributed by atoms with E-state index in [1.807, 2.05) is 25.7 Å². The van der Waals surface area contributed by atoms with Gasteiger partial charge in [0.1, 0.15) is 0 Å². The predicted octanol–water partition coefficient (Wildman–Crippen LogP) is 3.27.